The minimum Gasteiger partial charge on any atom is -0.396 e. The van der Waals surface area contributed by atoms with Crippen molar-refractivity contribution in [1.82, 2.24) is 10.2 Å². The monoisotopic (exact) mass is 383 g/mol. The summed E-state index contributed by atoms with van der Waals surface area (Å²) in [6.45, 7) is 8.61. The second-order valence-corrected chi connectivity index (χ2v) is 5.06. The fourth-order valence-corrected chi connectivity index (χ4v) is 2.49. The van der Waals surface area contributed by atoms with Crippen molar-refractivity contribution in [2.45, 2.75) is 46.0 Å². The van der Waals surface area contributed by atoms with Crippen molar-refractivity contribution >= 4 is 29.9 Å². The lowest BCUT2D eigenvalue weighted by molar-refractivity contribution is 0.253. The van der Waals surface area contributed by atoms with Crippen LogP contribution in [0.1, 0.15) is 46.0 Å². The summed E-state index contributed by atoms with van der Waals surface area (Å²) in [6.07, 6.45) is 5.75. The summed E-state index contributed by atoms with van der Waals surface area (Å²) in [6, 6.07) is 0. The van der Waals surface area contributed by atoms with E-state index in [2.05, 4.69) is 24.1 Å². The van der Waals surface area contributed by atoms with Gasteiger partial charge in [0.2, 0.25) is 0 Å². The van der Waals surface area contributed by atoms with E-state index in [4.69, 9.17) is 10.1 Å². The summed E-state index contributed by atoms with van der Waals surface area (Å²) in [4.78, 5) is 7.11. The normalized spacial score (nSPS) is 17.2. The van der Waals surface area contributed by atoms with Crippen LogP contribution in [-0.2, 0) is 0 Å². The zero-order valence-electron chi connectivity index (χ0n) is 12.4. The van der Waals surface area contributed by atoms with Gasteiger partial charge in [0.15, 0.2) is 5.96 Å². The molecule has 1 atom stereocenters. The average Bonchev–Trinajstić information content (AvgIpc) is 2.88. The minimum atomic E-state index is 0. The molecule has 4 nitrogen and oxygen atoms in total. The van der Waals surface area contributed by atoms with E-state index in [1.165, 1.54) is 19.3 Å². The Morgan fingerprint density at radius 2 is 1.95 bits per heavy atom. The predicted octanol–water partition coefficient (Wildman–Crippen LogP) is 2.46. The van der Waals surface area contributed by atoms with Gasteiger partial charge in [0.05, 0.1) is 0 Å². The van der Waals surface area contributed by atoms with E-state index in [9.17, 15) is 0 Å². The number of guanidine groups is 1. The molecule has 1 rings (SSSR count). The van der Waals surface area contributed by atoms with E-state index in [1.807, 2.05) is 0 Å². The van der Waals surface area contributed by atoms with E-state index in [-0.39, 0.29) is 30.6 Å². The van der Waals surface area contributed by atoms with E-state index in [0.29, 0.717) is 5.92 Å². The Morgan fingerprint density at radius 1 is 1.26 bits per heavy atom. The molecule has 1 aliphatic heterocycles. The van der Waals surface area contributed by atoms with Gasteiger partial charge in [-0.05, 0) is 38.5 Å². The van der Waals surface area contributed by atoms with Gasteiger partial charge in [-0.15, -0.1) is 24.0 Å². The third-order valence-corrected chi connectivity index (χ3v) is 3.47. The van der Waals surface area contributed by atoms with Crippen molar-refractivity contribution in [3.63, 3.8) is 0 Å². The molecule has 0 aromatic heterocycles. The largest absolute Gasteiger partial charge is 0.396 e. The average molecular weight is 383 g/mol. The number of nitrogens with one attached hydrogen (secondary N) is 1. The Bertz CT molecular complexity index is 237. The molecule has 0 radical (unpaired) electrons. The first-order chi connectivity index (χ1) is 8.81. The highest BCUT2D eigenvalue weighted by atomic mass is 127. The van der Waals surface area contributed by atoms with E-state index >= 15 is 0 Å². The maximum absolute atomic E-state index is 9.07. The lowest BCUT2D eigenvalue weighted by atomic mass is 10.0. The van der Waals surface area contributed by atoms with Crippen LogP contribution in [0.2, 0.25) is 0 Å². The Hall–Kier alpha value is -0.0400. The number of halogens is 1. The van der Waals surface area contributed by atoms with Crippen LogP contribution in [0.15, 0.2) is 4.99 Å². The zero-order chi connectivity index (χ0) is 13.2. The fraction of sp³-hybridized carbons (Fsp3) is 0.929. The van der Waals surface area contributed by atoms with Gasteiger partial charge < -0.3 is 15.3 Å². The second kappa shape index (κ2) is 11.8. The molecule has 1 aliphatic rings. The summed E-state index contributed by atoms with van der Waals surface area (Å²) < 4.78 is 0. The van der Waals surface area contributed by atoms with Gasteiger partial charge >= 0.3 is 0 Å². The molecule has 1 unspecified atom stereocenters. The van der Waals surface area contributed by atoms with Gasteiger partial charge in [-0.25, -0.2) is 0 Å². The van der Waals surface area contributed by atoms with Crippen LogP contribution < -0.4 is 5.32 Å². The highest BCUT2D eigenvalue weighted by Crippen LogP contribution is 2.12. The maximum Gasteiger partial charge on any atom is 0.193 e. The summed E-state index contributed by atoms with van der Waals surface area (Å²) >= 11 is 0. The van der Waals surface area contributed by atoms with Gasteiger partial charge in [-0.3, -0.25) is 4.99 Å². The zero-order valence-corrected chi connectivity index (χ0v) is 14.7. The topological polar surface area (TPSA) is 47.9 Å². The first-order valence-corrected chi connectivity index (χ1v) is 7.45. The number of hydrogen-bond acceptors (Lipinski definition) is 2. The van der Waals surface area contributed by atoms with E-state index in [0.717, 1.165) is 45.0 Å². The number of rotatable bonds is 7. The van der Waals surface area contributed by atoms with E-state index < -0.39 is 0 Å². The van der Waals surface area contributed by atoms with Crippen molar-refractivity contribution in [2.24, 2.45) is 10.9 Å². The van der Waals surface area contributed by atoms with Crippen LogP contribution in [-0.4, -0.2) is 48.8 Å². The molecule has 0 spiro atoms. The molecule has 0 amide bonds. The lowest BCUT2D eigenvalue weighted by Gasteiger charge is -2.22. The Labute approximate surface area is 135 Å². The van der Waals surface area contributed by atoms with Crippen molar-refractivity contribution in [3.05, 3.63) is 0 Å². The van der Waals surface area contributed by atoms with Crippen molar-refractivity contribution in [1.29, 1.82) is 0 Å². The summed E-state index contributed by atoms with van der Waals surface area (Å²) in [5, 5.41) is 12.4. The molecule has 114 valence electrons. The van der Waals surface area contributed by atoms with Crippen LogP contribution in [0.3, 0.4) is 0 Å². The van der Waals surface area contributed by atoms with Crippen LogP contribution in [0, 0.1) is 5.92 Å². The molecule has 5 heteroatoms. The molecule has 0 saturated carbocycles. The van der Waals surface area contributed by atoms with Crippen molar-refractivity contribution in [2.75, 3.05) is 32.8 Å². The van der Waals surface area contributed by atoms with Gasteiger partial charge in [-0.2, -0.15) is 0 Å². The third kappa shape index (κ3) is 7.34. The molecule has 0 aromatic carbocycles. The molecule has 1 heterocycles. The molecule has 1 fully saturated rings. The Morgan fingerprint density at radius 3 is 2.47 bits per heavy atom. The second-order valence-electron chi connectivity index (χ2n) is 5.06. The molecule has 19 heavy (non-hydrogen) atoms. The molecule has 1 saturated heterocycles. The minimum absolute atomic E-state index is 0. The van der Waals surface area contributed by atoms with Crippen LogP contribution in [0.25, 0.3) is 0 Å². The number of nitrogens with zero attached hydrogens (tertiary/aromatic N) is 2. The summed E-state index contributed by atoms with van der Waals surface area (Å²) in [5.41, 5.74) is 0. The molecule has 0 aliphatic carbocycles. The Balaban J connectivity index is 0.00000324. The highest BCUT2D eigenvalue weighted by Gasteiger charge is 2.16. The maximum atomic E-state index is 9.07. The van der Waals surface area contributed by atoms with Gasteiger partial charge in [0.25, 0.3) is 0 Å². The number of aliphatic hydroxyl groups excluding tert-OH is 1. The Kier molecular flexibility index (Phi) is 11.7. The highest BCUT2D eigenvalue weighted by molar-refractivity contribution is 14.0. The fourth-order valence-electron chi connectivity index (χ4n) is 2.49. The molecule has 0 aromatic rings. The number of aliphatic hydroxyl groups is 1. The SMILES string of the molecule is CCCC(CCO)CN=C(NCC)N1CCCC1.I. The van der Waals surface area contributed by atoms with Gasteiger partial charge in [0.1, 0.15) is 0 Å². The van der Waals surface area contributed by atoms with Crippen LogP contribution in [0.5, 0.6) is 0 Å². The standard InChI is InChI=1S/C14H29N3O.HI/c1-3-7-13(8-11-18)12-16-14(15-4-2)17-9-5-6-10-17;/h13,18H,3-12H2,1-2H3,(H,15,16);1H. The first kappa shape index (κ1) is 19.0. The van der Waals surface area contributed by atoms with Crippen LogP contribution >= 0.6 is 24.0 Å². The number of aliphatic imine (C=N–C) groups is 1. The van der Waals surface area contributed by atoms with E-state index in [1.54, 1.807) is 0 Å². The molecular weight excluding hydrogens is 353 g/mol. The smallest absolute Gasteiger partial charge is 0.193 e. The predicted molar refractivity (Wildman–Crippen MR) is 92.3 cm³/mol. The quantitative estimate of drug-likeness (QED) is 0.404. The van der Waals surface area contributed by atoms with Crippen LogP contribution in [0.4, 0.5) is 0 Å². The van der Waals surface area contributed by atoms with Gasteiger partial charge in [0, 0.05) is 32.8 Å². The number of likely N-dealkylation sites (tertiary alicyclic amines) is 1. The summed E-state index contributed by atoms with van der Waals surface area (Å²) in [5.74, 6) is 1.59. The molecular formula is C14H30IN3O. The third-order valence-electron chi connectivity index (χ3n) is 3.47. The first-order valence-electron chi connectivity index (χ1n) is 7.45. The van der Waals surface area contributed by atoms with Crippen molar-refractivity contribution in [3.8, 4) is 0 Å². The van der Waals surface area contributed by atoms with Crippen molar-refractivity contribution < 1.29 is 5.11 Å². The van der Waals surface area contributed by atoms with Gasteiger partial charge in [-0.1, -0.05) is 13.3 Å². The summed E-state index contributed by atoms with van der Waals surface area (Å²) in [7, 11) is 0. The molecule has 0 bridgehead atoms. The molecule has 2 N–H and O–H groups in total. The number of hydrogen-bond donors (Lipinski definition) is 2. The lowest BCUT2D eigenvalue weighted by Crippen LogP contribution is -2.39.